The number of ether oxygens (including phenoxy) is 1. The Labute approximate surface area is 147 Å². The number of aromatic nitrogens is 1. The zero-order valence-electron chi connectivity index (χ0n) is 14.8. The fourth-order valence-electron chi connectivity index (χ4n) is 3.08. The molecule has 0 saturated carbocycles. The molecule has 2 rings (SSSR count). The molecule has 0 N–H and O–H groups in total. The van der Waals surface area contributed by atoms with Crippen molar-refractivity contribution in [2.75, 3.05) is 24.6 Å². The highest BCUT2D eigenvalue weighted by molar-refractivity contribution is 9.10. The van der Waals surface area contributed by atoms with Crippen LogP contribution in [0.4, 0.5) is 5.69 Å². The highest BCUT2D eigenvalue weighted by Gasteiger charge is 2.29. The highest BCUT2D eigenvalue weighted by atomic mass is 79.9. The van der Waals surface area contributed by atoms with Gasteiger partial charge in [0, 0.05) is 24.3 Å². The number of rotatable bonds is 4. The van der Waals surface area contributed by atoms with Crippen molar-refractivity contribution < 1.29 is 9.53 Å². The van der Waals surface area contributed by atoms with Crippen LogP contribution in [0.2, 0.25) is 0 Å². The fraction of sp³-hybridized carbons (Fsp3) is 0.667. The predicted molar refractivity (Wildman–Crippen MR) is 97.0 cm³/mol. The van der Waals surface area contributed by atoms with Crippen LogP contribution in [0, 0.1) is 19.3 Å². The number of hydrogen-bond donors (Lipinski definition) is 0. The Hall–Kier alpha value is -1.10. The maximum Gasteiger partial charge on any atom is 0.310 e. The molecular formula is C18H27BrN2O2. The Morgan fingerprint density at radius 3 is 2.43 bits per heavy atom. The van der Waals surface area contributed by atoms with Crippen LogP contribution in [0.3, 0.4) is 0 Å². The first-order valence-electron chi connectivity index (χ1n) is 8.31. The van der Waals surface area contributed by atoms with Gasteiger partial charge in [-0.25, -0.2) is 0 Å². The molecule has 0 aromatic carbocycles. The lowest BCUT2D eigenvalue weighted by Crippen LogP contribution is -2.38. The van der Waals surface area contributed by atoms with E-state index in [0.717, 1.165) is 53.0 Å². The number of anilines is 1. The Kier molecular flexibility index (Phi) is 5.71. The third-order valence-corrected chi connectivity index (χ3v) is 5.59. The number of carbonyl (C=O) groups excluding carboxylic acids is 1. The lowest BCUT2D eigenvalue weighted by molar-refractivity contribution is -0.142. The first-order chi connectivity index (χ1) is 10.7. The van der Waals surface area contributed by atoms with E-state index in [4.69, 9.17) is 4.74 Å². The molecule has 1 aliphatic rings. The molecule has 1 aliphatic heterocycles. The van der Waals surface area contributed by atoms with Crippen LogP contribution in [0.1, 0.15) is 50.6 Å². The Morgan fingerprint density at radius 2 is 1.87 bits per heavy atom. The smallest absolute Gasteiger partial charge is 0.310 e. The standard InChI is InChI=1S/C18H27BrN2O2/c1-6-23-15(22)11-14-12(2)20-13(3)16(19)17(14)21-9-7-18(4,5)8-10-21/h6-11H2,1-5H3. The molecule has 0 radical (unpaired) electrons. The zero-order valence-corrected chi connectivity index (χ0v) is 16.4. The summed E-state index contributed by atoms with van der Waals surface area (Å²) in [5.41, 5.74) is 4.38. The summed E-state index contributed by atoms with van der Waals surface area (Å²) in [7, 11) is 0. The molecule has 0 bridgehead atoms. The number of hydrogen-bond acceptors (Lipinski definition) is 4. The molecule has 128 valence electrons. The lowest BCUT2D eigenvalue weighted by Gasteiger charge is -2.39. The second-order valence-corrected chi connectivity index (χ2v) is 7.85. The molecule has 1 fully saturated rings. The van der Waals surface area contributed by atoms with Gasteiger partial charge in [-0.2, -0.15) is 0 Å². The minimum Gasteiger partial charge on any atom is -0.466 e. The van der Waals surface area contributed by atoms with E-state index in [1.807, 2.05) is 20.8 Å². The Bertz CT molecular complexity index is 589. The third kappa shape index (κ3) is 4.25. The first kappa shape index (κ1) is 18.2. The minimum absolute atomic E-state index is 0.188. The lowest BCUT2D eigenvalue weighted by atomic mass is 9.82. The zero-order chi connectivity index (χ0) is 17.2. The van der Waals surface area contributed by atoms with Crippen molar-refractivity contribution in [1.29, 1.82) is 0 Å². The fourth-order valence-corrected chi connectivity index (χ4v) is 3.66. The first-order valence-corrected chi connectivity index (χ1v) is 9.10. The normalized spacial score (nSPS) is 17.2. The topological polar surface area (TPSA) is 42.4 Å². The molecule has 0 atom stereocenters. The van der Waals surface area contributed by atoms with E-state index in [1.54, 1.807) is 0 Å². The maximum atomic E-state index is 12.0. The van der Waals surface area contributed by atoms with Crippen LogP contribution < -0.4 is 4.90 Å². The summed E-state index contributed by atoms with van der Waals surface area (Å²) in [6, 6.07) is 0. The summed E-state index contributed by atoms with van der Waals surface area (Å²) < 4.78 is 6.15. The minimum atomic E-state index is -0.188. The van der Waals surface area contributed by atoms with Crippen LogP contribution >= 0.6 is 15.9 Å². The van der Waals surface area contributed by atoms with Crippen molar-refractivity contribution in [3.05, 3.63) is 21.4 Å². The Balaban J connectivity index is 2.38. The summed E-state index contributed by atoms with van der Waals surface area (Å²) in [5, 5.41) is 0. The van der Waals surface area contributed by atoms with Gasteiger partial charge in [-0.3, -0.25) is 9.78 Å². The van der Waals surface area contributed by atoms with Gasteiger partial charge in [0.2, 0.25) is 0 Å². The number of aryl methyl sites for hydroxylation is 2. The van der Waals surface area contributed by atoms with E-state index in [2.05, 4.69) is 39.7 Å². The van der Waals surface area contributed by atoms with E-state index >= 15 is 0 Å². The van der Waals surface area contributed by atoms with E-state index in [9.17, 15) is 4.79 Å². The molecule has 23 heavy (non-hydrogen) atoms. The highest BCUT2D eigenvalue weighted by Crippen LogP contribution is 2.39. The number of nitrogens with zero attached hydrogens (tertiary/aromatic N) is 2. The van der Waals surface area contributed by atoms with Gasteiger partial charge in [0.05, 0.1) is 28.9 Å². The molecule has 4 nitrogen and oxygen atoms in total. The number of halogens is 1. The summed E-state index contributed by atoms with van der Waals surface area (Å²) in [5.74, 6) is -0.188. The van der Waals surface area contributed by atoms with Gasteiger partial charge in [0.25, 0.3) is 0 Å². The van der Waals surface area contributed by atoms with Gasteiger partial charge in [-0.1, -0.05) is 13.8 Å². The second-order valence-electron chi connectivity index (χ2n) is 7.06. The molecule has 5 heteroatoms. The molecule has 0 unspecified atom stereocenters. The molecule has 0 aliphatic carbocycles. The summed E-state index contributed by atoms with van der Waals surface area (Å²) in [6.07, 6.45) is 2.58. The van der Waals surface area contributed by atoms with Crippen molar-refractivity contribution in [2.24, 2.45) is 5.41 Å². The average Bonchev–Trinajstić information content (AvgIpc) is 2.46. The van der Waals surface area contributed by atoms with E-state index < -0.39 is 0 Å². The van der Waals surface area contributed by atoms with Crippen molar-refractivity contribution in [3.63, 3.8) is 0 Å². The second kappa shape index (κ2) is 7.20. The van der Waals surface area contributed by atoms with Crippen LogP contribution in [0.25, 0.3) is 0 Å². The number of piperidine rings is 1. The molecule has 2 heterocycles. The molecular weight excluding hydrogens is 356 g/mol. The Morgan fingerprint density at radius 1 is 1.26 bits per heavy atom. The van der Waals surface area contributed by atoms with E-state index in [-0.39, 0.29) is 12.4 Å². The van der Waals surface area contributed by atoms with E-state index in [0.29, 0.717) is 12.0 Å². The number of carbonyl (C=O) groups is 1. The quantitative estimate of drug-likeness (QED) is 0.732. The third-order valence-electron chi connectivity index (χ3n) is 4.64. The van der Waals surface area contributed by atoms with Gasteiger partial charge in [-0.15, -0.1) is 0 Å². The van der Waals surface area contributed by atoms with Crippen LogP contribution in [-0.2, 0) is 16.0 Å². The maximum absolute atomic E-state index is 12.0. The SMILES string of the molecule is CCOC(=O)Cc1c(C)nc(C)c(Br)c1N1CCC(C)(C)CC1. The number of esters is 1. The van der Waals surface area contributed by atoms with Crippen LogP contribution in [-0.4, -0.2) is 30.6 Å². The summed E-state index contributed by atoms with van der Waals surface area (Å²) >= 11 is 3.70. The molecule has 1 saturated heterocycles. The number of pyridine rings is 1. The molecule has 1 aromatic heterocycles. The van der Waals surface area contributed by atoms with Crippen molar-refractivity contribution in [2.45, 2.75) is 53.9 Å². The monoisotopic (exact) mass is 382 g/mol. The summed E-state index contributed by atoms with van der Waals surface area (Å²) in [4.78, 5) is 19.0. The average molecular weight is 383 g/mol. The summed E-state index contributed by atoms with van der Waals surface area (Å²) in [6.45, 7) is 12.9. The van der Waals surface area contributed by atoms with Crippen LogP contribution in [0.5, 0.6) is 0 Å². The molecule has 1 aromatic rings. The van der Waals surface area contributed by atoms with Crippen molar-refractivity contribution in [3.8, 4) is 0 Å². The van der Waals surface area contributed by atoms with E-state index in [1.165, 1.54) is 0 Å². The van der Waals surface area contributed by atoms with Gasteiger partial charge in [0.1, 0.15) is 0 Å². The van der Waals surface area contributed by atoms with Gasteiger partial charge in [0.15, 0.2) is 0 Å². The largest absolute Gasteiger partial charge is 0.466 e. The van der Waals surface area contributed by atoms with Crippen molar-refractivity contribution in [1.82, 2.24) is 4.98 Å². The van der Waals surface area contributed by atoms with Gasteiger partial charge < -0.3 is 9.64 Å². The van der Waals surface area contributed by atoms with Crippen molar-refractivity contribution >= 4 is 27.6 Å². The predicted octanol–water partition coefficient (Wildman–Crippen LogP) is 4.19. The van der Waals surface area contributed by atoms with Gasteiger partial charge in [-0.05, 0) is 55.0 Å². The van der Waals surface area contributed by atoms with Crippen LogP contribution in [0.15, 0.2) is 4.47 Å². The molecule has 0 spiro atoms. The van der Waals surface area contributed by atoms with Gasteiger partial charge >= 0.3 is 5.97 Å². The molecule has 0 amide bonds.